The SMILES string of the molecule is O=C1Nc2ccccc2N(C(=O)CCN2CCCCC2)c2ccc(Cl)cc21. The van der Waals surface area contributed by atoms with Gasteiger partial charge >= 0.3 is 0 Å². The van der Waals surface area contributed by atoms with Crippen molar-refractivity contribution in [3.63, 3.8) is 0 Å². The van der Waals surface area contributed by atoms with Gasteiger partial charge in [-0.3, -0.25) is 14.5 Å². The minimum absolute atomic E-state index is 0.0203. The lowest BCUT2D eigenvalue weighted by Gasteiger charge is -2.28. The van der Waals surface area contributed by atoms with Gasteiger partial charge in [0.05, 0.1) is 22.6 Å². The quantitative estimate of drug-likeness (QED) is 0.852. The second-order valence-electron chi connectivity index (χ2n) is 7.01. The van der Waals surface area contributed by atoms with E-state index >= 15 is 0 Å². The van der Waals surface area contributed by atoms with Crippen LogP contribution < -0.4 is 10.2 Å². The lowest BCUT2D eigenvalue weighted by Crippen LogP contribution is -2.35. The third kappa shape index (κ3) is 3.70. The van der Waals surface area contributed by atoms with Gasteiger partial charge < -0.3 is 10.2 Å². The number of benzene rings is 2. The van der Waals surface area contributed by atoms with Gasteiger partial charge in [-0.15, -0.1) is 0 Å². The number of fused-ring (bicyclic) bond motifs is 2. The molecule has 1 N–H and O–H groups in total. The number of carbonyl (C=O) groups is 2. The van der Waals surface area contributed by atoms with Crippen LogP contribution in [0.25, 0.3) is 0 Å². The average Bonchev–Trinajstić information content (AvgIpc) is 2.81. The van der Waals surface area contributed by atoms with E-state index in [1.54, 1.807) is 23.1 Å². The summed E-state index contributed by atoms with van der Waals surface area (Å²) in [6, 6.07) is 12.5. The van der Waals surface area contributed by atoms with Crippen molar-refractivity contribution in [3.8, 4) is 0 Å². The highest BCUT2D eigenvalue weighted by atomic mass is 35.5. The van der Waals surface area contributed by atoms with E-state index in [4.69, 9.17) is 11.6 Å². The number of rotatable bonds is 3. The molecule has 0 spiro atoms. The monoisotopic (exact) mass is 383 g/mol. The third-order valence-corrected chi connectivity index (χ3v) is 5.41. The van der Waals surface area contributed by atoms with Crippen molar-refractivity contribution in [1.29, 1.82) is 0 Å². The van der Waals surface area contributed by atoms with E-state index in [1.165, 1.54) is 19.3 Å². The van der Waals surface area contributed by atoms with Gasteiger partial charge in [0.15, 0.2) is 0 Å². The van der Waals surface area contributed by atoms with Crippen LogP contribution in [0.3, 0.4) is 0 Å². The van der Waals surface area contributed by atoms with Crippen LogP contribution in [0.15, 0.2) is 42.5 Å². The molecule has 4 rings (SSSR count). The first-order valence-electron chi connectivity index (χ1n) is 9.39. The standard InChI is InChI=1S/C21H22ClN3O2/c22-15-8-9-18-16(14-15)21(27)23-17-6-2-3-7-19(17)25(18)20(26)10-13-24-11-4-1-5-12-24/h2-3,6-9,14H,1,4-5,10-13H2,(H,23,27). The molecule has 0 saturated carbocycles. The molecule has 0 aromatic heterocycles. The van der Waals surface area contributed by atoms with Crippen molar-refractivity contribution in [2.45, 2.75) is 25.7 Å². The Morgan fingerprint density at radius 2 is 1.81 bits per heavy atom. The van der Waals surface area contributed by atoms with Crippen molar-refractivity contribution in [2.24, 2.45) is 0 Å². The average molecular weight is 384 g/mol. The maximum atomic E-state index is 13.2. The van der Waals surface area contributed by atoms with Gasteiger partial charge in [0.2, 0.25) is 5.91 Å². The van der Waals surface area contributed by atoms with Crippen LogP contribution in [0.4, 0.5) is 17.1 Å². The fourth-order valence-corrected chi connectivity index (χ4v) is 3.97. The number of nitrogens with one attached hydrogen (secondary N) is 1. The lowest BCUT2D eigenvalue weighted by molar-refractivity contribution is -0.118. The molecule has 27 heavy (non-hydrogen) atoms. The summed E-state index contributed by atoms with van der Waals surface area (Å²) in [6.45, 7) is 2.84. The number of nitrogens with zero attached hydrogens (tertiary/aromatic N) is 2. The van der Waals surface area contributed by atoms with E-state index in [0.717, 1.165) is 19.6 Å². The highest BCUT2D eigenvalue weighted by molar-refractivity contribution is 6.31. The summed E-state index contributed by atoms with van der Waals surface area (Å²) < 4.78 is 0. The number of amides is 2. The Morgan fingerprint density at radius 1 is 1.04 bits per heavy atom. The van der Waals surface area contributed by atoms with E-state index < -0.39 is 0 Å². The molecule has 6 heteroatoms. The summed E-state index contributed by atoms with van der Waals surface area (Å²) in [5, 5.41) is 3.36. The van der Waals surface area contributed by atoms with Crippen LogP contribution in [0, 0.1) is 0 Å². The first-order valence-corrected chi connectivity index (χ1v) is 9.76. The zero-order valence-corrected chi connectivity index (χ0v) is 15.8. The van der Waals surface area contributed by atoms with Crippen LogP contribution in [-0.2, 0) is 4.79 Å². The summed E-state index contributed by atoms with van der Waals surface area (Å²) in [4.78, 5) is 29.9. The smallest absolute Gasteiger partial charge is 0.257 e. The van der Waals surface area contributed by atoms with Gasteiger partial charge in [0.1, 0.15) is 0 Å². The van der Waals surface area contributed by atoms with E-state index in [0.29, 0.717) is 34.1 Å². The van der Waals surface area contributed by atoms with E-state index in [9.17, 15) is 9.59 Å². The molecule has 0 aliphatic carbocycles. The Labute approximate surface area is 163 Å². The molecule has 2 aromatic rings. The number of carbonyl (C=O) groups excluding carboxylic acids is 2. The molecule has 2 amide bonds. The summed E-state index contributed by atoms with van der Waals surface area (Å²) >= 11 is 6.11. The lowest BCUT2D eigenvalue weighted by atomic mass is 10.1. The normalized spacial score (nSPS) is 16.9. The van der Waals surface area contributed by atoms with Crippen LogP contribution in [0.2, 0.25) is 5.02 Å². The third-order valence-electron chi connectivity index (χ3n) is 5.18. The summed E-state index contributed by atoms with van der Waals surface area (Å²) in [7, 11) is 0. The second kappa shape index (κ2) is 7.71. The van der Waals surface area contributed by atoms with Gasteiger partial charge in [0, 0.05) is 18.0 Å². The molecule has 2 aromatic carbocycles. The summed E-state index contributed by atoms with van der Waals surface area (Å²) in [5.41, 5.74) is 2.30. The van der Waals surface area contributed by atoms with Crippen molar-refractivity contribution in [1.82, 2.24) is 4.90 Å². The van der Waals surface area contributed by atoms with Gasteiger partial charge in [-0.1, -0.05) is 30.2 Å². The molecular weight excluding hydrogens is 362 g/mol. The van der Waals surface area contributed by atoms with Gasteiger partial charge in [0.25, 0.3) is 5.91 Å². The van der Waals surface area contributed by atoms with E-state index in [1.807, 2.05) is 24.3 Å². The van der Waals surface area contributed by atoms with Crippen molar-refractivity contribution in [3.05, 3.63) is 53.1 Å². The van der Waals surface area contributed by atoms with Crippen molar-refractivity contribution in [2.75, 3.05) is 29.9 Å². The zero-order chi connectivity index (χ0) is 18.8. The maximum Gasteiger partial charge on any atom is 0.257 e. The van der Waals surface area contributed by atoms with Crippen LogP contribution in [0.5, 0.6) is 0 Å². The number of likely N-dealkylation sites (tertiary alicyclic amines) is 1. The summed E-state index contributed by atoms with van der Waals surface area (Å²) in [6.07, 6.45) is 4.07. The first-order chi connectivity index (χ1) is 13.1. The predicted molar refractivity (Wildman–Crippen MR) is 108 cm³/mol. The zero-order valence-electron chi connectivity index (χ0n) is 15.1. The Hall–Kier alpha value is -2.37. The van der Waals surface area contributed by atoms with Crippen molar-refractivity contribution < 1.29 is 9.59 Å². The highest BCUT2D eigenvalue weighted by Gasteiger charge is 2.29. The topological polar surface area (TPSA) is 52.7 Å². The number of para-hydroxylation sites is 2. The number of anilines is 3. The van der Waals surface area contributed by atoms with Gasteiger partial charge in [-0.05, 0) is 56.3 Å². The molecule has 2 aliphatic rings. The van der Waals surface area contributed by atoms with Crippen LogP contribution in [-0.4, -0.2) is 36.3 Å². The molecule has 0 bridgehead atoms. The largest absolute Gasteiger partial charge is 0.320 e. The van der Waals surface area contributed by atoms with Crippen LogP contribution >= 0.6 is 11.6 Å². The molecule has 2 aliphatic heterocycles. The molecule has 0 unspecified atom stereocenters. The fraction of sp³-hybridized carbons (Fsp3) is 0.333. The van der Waals surface area contributed by atoms with E-state index in [-0.39, 0.29) is 11.8 Å². The first kappa shape index (κ1) is 18.0. The Kier molecular flexibility index (Phi) is 5.14. The number of halogens is 1. The van der Waals surface area contributed by atoms with Gasteiger partial charge in [-0.2, -0.15) is 0 Å². The molecule has 1 fully saturated rings. The Balaban J connectivity index is 1.68. The molecule has 1 saturated heterocycles. The number of hydrogen-bond donors (Lipinski definition) is 1. The predicted octanol–water partition coefficient (Wildman–Crippen LogP) is 4.45. The molecule has 0 radical (unpaired) electrons. The Morgan fingerprint density at radius 3 is 2.63 bits per heavy atom. The minimum atomic E-state index is -0.258. The molecule has 5 nitrogen and oxygen atoms in total. The number of piperidine rings is 1. The molecular formula is C21H22ClN3O2. The highest BCUT2D eigenvalue weighted by Crippen LogP contribution is 2.39. The van der Waals surface area contributed by atoms with E-state index in [2.05, 4.69) is 10.2 Å². The van der Waals surface area contributed by atoms with Crippen LogP contribution in [0.1, 0.15) is 36.0 Å². The molecule has 140 valence electrons. The van der Waals surface area contributed by atoms with Crippen molar-refractivity contribution >= 4 is 40.5 Å². The van der Waals surface area contributed by atoms with Gasteiger partial charge in [-0.25, -0.2) is 0 Å². The number of hydrogen-bond acceptors (Lipinski definition) is 3. The maximum absolute atomic E-state index is 13.2. The molecule has 0 atom stereocenters. The molecule has 2 heterocycles. The second-order valence-corrected chi connectivity index (χ2v) is 7.45. The minimum Gasteiger partial charge on any atom is -0.320 e. The Bertz CT molecular complexity index is 877. The summed E-state index contributed by atoms with van der Waals surface area (Å²) in [5.74, 6) is -0.278. The fourth-order valence-electron chi connectivity index (χ4n) is 3.80.